The molecule has 1 unspecified atom stereocenters. The van der Waals surface area contributed by atoms with E-state index in [2.05, 4.69) is 31.9 Å². The molecule has 0 saturated heterocycles. The van der Waals surface area contributed by atoms with Gasteiger partial charge >= 0.3 is 6.18 Å². The largest absolute Gasteiger partial charge is 0.491 e. The third kappa shape index (κ3) is 6.45. The topological polar surface area (TPSA) is 35.2 Å². The van der Waals surface area contributed by atoms with E-state index in [1.165, 1.54) is 0 Å². The molecule has 0 aliphatic heterocycles. The zero-order valence-corrected chi connectivity index (χ0v) is 14.1. The highest BCUT2D eigenvalue weighted by molar-refractivity contribution is 9.11. The lowest BCUT2D eigenvalue weighted by Gasteiger charge is -2.13. The second-order valence-corrected chi connectivity index (χ2v) is 6.35. The molecule has 0 heterocycles. The highest BCUT2D eigenvalue weighted by Crippen LogP contribution is 2.35. The molecule has 0 aliphatic carbocycles. The average molecular weight is 419 g/mol. The molecule has 0 radical (unpaired) electrons. The van der Waals surface area contributed by atoms with E-state index in [4.69, 9.17) is 10.5 Å². The summed E-state index contributed by atoms with van der Waals surface area (Å²) < 4.78 is 42.9. The predicted octanol–water partition coefficient (Wildman–Crippen LogP) is 4.82. The summed E-state index contributed by atoms with van der Waals surface area (Å²) in [4.78, 5) is 0. The summed E-state index contributed by atoms with van der Waals surface area (Å²) in [6.45, 7) is 1.92. The van der Waals surface area contributed by atoms with Crippen molar-refractivity contribution >= 4 is 31.9 Å². The molecule has 0 spiro atoms. The molecule has 0 bridgehead atoms. The lowest BCUT2D eigenvalue weighted by Crippen LogP contribution is -2.17. The van der Waals surface area contributed by atoms with Crippen molar-refractivity contribution in [1.82, 2.24) is 0 Å². The highest BCUT2D eigenvalue weighted by Gasteiger charge is 2.26. The summed E-state index contributed by atoms with van der Waals surface area (Å²) in [5.41, 5.74) is 6.76. The molecular formula is C13H16Br2F3NO. The van der Waals surface area contributed by atoms with E-state index in [1.807, 2.05) is 19.1 Å². The van der Waals surface area contributed by atoms with E-state index in [1.54, 1.807) is 0 Å². The SMILES string of the molecule is CC(N)Cc1cc(Br)c(OCCCC(F)(F)F)c(Br)c1. The van der Waals surface area contributed by atoms with Crippen molar-refractivity contribution in [3.05, 3.63) is 26.6 Å². The van der Waals surface area contributed by atoms with E-state index in [-0.39, 0.29) is 19.1 Å². The Morgan fingerprint density at radius 2 is 1.80 bits per heavy atom. The van der Waals surface area contributed by atoms with Crippen molar-refractivity contribution in [3.63, 3.8) is 0 Å². The second kappa shape index (κ2) is 7.66. The fourth-order valence-electron chi connectivity index (χ4n) is 1.69. The van der Waals surface area contributed by atoms with Gasteiger partial charge in [0.2, 0.25) is 0 Å². The van der Waals surface area contributed by atoms with Gasteiger partial charge in [-0.1, -0.05) is 0 Å². The van der Waals surface area contributed by atoms with Crippen molar-refractivity contribution in [2.75, 3.05) is 6.61 Å². The molecule has 0 saturated carbocycles. The third-order valence-corrected chi connectivity index (χ3v) is 3.64. The van der Waals surface area contributed by atoms with Gasteiger partial charge in [-0.25, -0.2) is 0 Å². The van der Waals surface area contributed by atoms with Gasteiger partial charge in [-0.3, -0.25) is 0 Å². The summed E-state index contributed by atoms with van der Waals surface area (Å²) in [7, 11) is 0. The number of benzene rings is 1. The molecule has 0 aliphatic rings. The number of rotatable bonds is 6. The fraction of sp³-hybridized carbons (Fsp3) is 0.538. The Labute approximate surface area is 133 Å². The first-order chi connectivity index (χ1) is 9.19. The van der Waals surface area contributed by atoms with Crippen LogP contribution in [-0.4, -0.2) is 18.8 Å². The van der Waals surface area contributed by atoms with Crippen LogP contribution in [0.15, 0.2) is 21.1 Å². The average Bonchev–Trinajstić information content (AvgIpc) is 2.24. The van der Waals surface area contributed by atoms with Crippen molar-refractivity contribution in [2.45, 2.75) is 38.4 Å². The monoisotopic (exact) mass is 417 g/mol. The van der Waals surface area contributed by atoms with Crippen molar-refractivity contribution in [1.29, 1.82) is 0 Å². The Hall–Kier alpha value is -0.270. The van der Waals surface area contributed by atoms with Gasteiger partial charge in [0, 0.05) is 12.5 Å². The van der Waals surface area contributed by atoms with Crippen molar-refractivity contribution in [3.8, 4) is 5.75 Å². The second-order valence-electron chi connectivity index (χ2n) is 4.64. The molecule has 1 aromatic carbocycles. The number of hydrogen-bond donors (Lipinski definition) is 1. The Morgan fingerprint density at radius 3 is 2.25 bits per heavy atom. The maximum atomic E-state index is 12.0. The zero-order valence-electron chi connectivity index (χ0n) is 10.9. The molecule has 2 nitrogen and oxygen atoms in total. The van der Waals surface area contributed by atoms with Gasteiger partial charge in [-0.15, -0.1) is 0 Å². The smallest absolute Gasteiger partial charge is 0.389 e. The molecule has 0 aromatic heterocycles. The molecule has 114 valence electrons. The fourth-order valence-corrected chi connectivity index (χ4v) is 3.20. The molecule has 1 rings (SSSR count). The molecule has 20 heavy (non-hydrogen) atoms. The molecule has 1 atom stereocenters. The highest BCUT2D eigenvalue weighted by atomic mass is 79.9. The van der Waals surface area contributed by atoms with Gasteiger partial charge < -0.3 is 10.5 Å². The maximum absolute atomic E-state index is 12.0. The Balaban J connectivity index is 2.62. The Bertz CT molecular complexity index is 427. The molecule has 2 N–H and O–H groups in total. The molecule has 0 fully saturated rings. The van der Waals surface area contributed by atoms with Gasteiger partial charge in [0.05, 0.1) is 15.6 Å². The Kier molecular flexibility index (Phi) is 6.81. The predicted molar refractivity (Wildman–Crippen MR) is 80.0 cm³/mol. The number of nitrogens with two attached hydrogens (primary N) is 1. The van der Waals surface area contributed by atoms with Crippen molar-refractivity contribution < 1.29 is 17.9 Å². The number of ether oxygens (including phenoxy) is 1. The van der Waals surface area contributed by atoms with Crippen LogP contribution in [0, 0.1) is 0 Å². The number of hydrogen-bond acceptors (Lipinski definition) is 2. The molecule has 7 heteroatoms. The van der Waals surface area contributed by atoms with Crippen LogP contribution in [0.3, 0.4) is 0 Å². The van der Waals surface area contributed by atoms with Crippen LogP contribution in [-0.2, 0) is 6.42 Å². The van der Waals surface area contributed by atoms with E-state index >= 15 is 0 Å². The van der Waals surface area contributed by atoms with E-state index in [9.17, 15) is 13.2 Å². The summed E-state index contributed by atoms with van der Waals surface area (Å²) in [6.07, 6.45) is -4.33. The van der Waals surface area contributed by atoms with Crippen molar-refractivity contribution in [2.24, 2.45) is 5.73 Å². The van der Waals surface area contributed by atoms with Gasteiger partial charge in [0.15, 0.2) is 0 Å². The van der Waals surface area contributed by atoms with Gasteiger partial charge in [-0.2, -0.15) is 13.2 Å². The van der Waals surface area contributed by atoms with Gasteiger partial charge in [0.1, 0.15) is 5.75 Å². The lowest BCUT2D eigenvalue weighted by molar-refractivity contribution is -0.136. The molecule has 0 amide bonds. The van der Waals surface area contributed by atoms with E-state index in [0.29, 0.717) is 21.1 Å². The van der Waals surface area contributed by atoms with Crippen LogP contribution in [0.5, 0.6) is 5.75 Å². The van der Waals surface area contributed by atoms with Crippen LogP contribution in [0.4, 0.5) is 13.2 Å². The summed E-state index contributed by atoms with van der Waals surface area (Å²) >= 11 is 6.72. The van der Waals surface area contributed by atoms with Gasteiger partial charge in [0.25, 0.3) is 0 Å². The standard InChI is InChI=1S/C13H16Br2F3NO/c1-8(19)5-9-6-10(14)12(11(15)7-9)20-4-2-3-13(16,17)18/h6-8H,2-5,19H2,1H3. The third-order valence-electron chi connectivity index (χ3n) is 2.47. The number of alkyl halides is 3. The first-order valence-electron chi connectivity index (χ1n) is 6.12. The lowest BCUT2D eigenvalue weighted by atomic mass is 10.1. The minimum atomic E-state index is -4.14. The van der Waals surface area contributed by atoms with Crippen LogP contribution in [0.2, 0.25) is 0 Å². The summed E-state index contributed by atoms with van der Waals surface area (Å²) in [6, 6.07) is 3.77. The summed E-state index contributed by atoms with van der Waals surface area (Å²) in [5.74, 6) is 0.514. The van der Waals surface area contributed by atoms with Crippen LogP contribution >= 0.6 is 31.9 Å². The number of halogens is 5. The Morgan fingerprint density at radius 1 is 1.25 bits per heavy atom. The normalized spacial score (nSPS) is 13.3. The minimum absolute atomic E-state index is 0.0172. The first-order valence-corrected chi connectivity index (χ1v) is 7.70. The minimum Gasteiger partial charge on any atom is -0.491 e. The van der Waals surface area contributed by atoms with Gasteiger partial charge in [-0.05, 0) is 69.3 Å². The molecular weight excluding hydrogens is 403 g/mol. The quantitative estimate of drug-likeness (QED) is 0.672. The van der Waals surface area contributed by atoms with Crippen LogP contribution in [0.1, 0.15) is 25.3 Å². The molecule has 1 aromatic rings. The maximum Gasteiger partial charge on any atom is 0.389 e. The van der Waals surface area contributed by atoms with Crippen LogP contribution in [0.25, 0.3) is 0 Å². The summed E-state index contributed by atoms with van der Waals surface area (Å²) in [5, 5.41) is 0. The van der Waals surface area contributed by atoms with E-state index < -0.39 is 12.6 Å². The van der Waals surface area contributed by atoms with Crippen LogP contribution < -0.4 is 10.5 Å². The van der Waals surface area contributed by atoms with E-state index in [0.717, 1.165) is 5.56 Å². The zero-order chi connectivity index (χ0) is 15.3. The first kappa shape index (κ1) is 17.8.